The maximum absolute atomic E-state index is 10.9. The molecule has 1 heterocycles. The van der Waals surface area contributed by atoms with Crippen LogP contribution in [0.25, 0.3) is 0 Å². The number of carboxylic acid groups (broad SMARTS) is 1. The van der Waals surface area contributed by atoms with Gasteiger partial charge in [0.25, 0.3) is 0 Å². The summed E-state index contributed by atoms with van der Waals surface area (Å²) in [5.41, 5.74) is -0.0639. The Hall–Kier alpha value is -1.56. The first-order valence-electron chi connectivity index (χ1n) is 3.67. The van der Waals surface area contributed by atoms with Crippen molar-refractivity contribution in [2.45, 2.75) is 0 Å². The molecule has 0 fully saturated rings. The van der Waals surface area contributed by atoms with Crippen LogP contribution in [0.3, 0.4) is 0 Å². The SMILES string of the molecule is Cn1cc(C(=O)O)c(NC(=O)CCl)n1. The number of nitrogens with zero attached hydrogens (tertiary/aromatic N) is 2. The molecule has 6 nitrogen and oxygen atoms in total. The van der Waals surface area contributed by atoms with E-state index in [9.17, 15) is 9.59 Å². The van der Waals surface area contributed by atoms with Gasteiger partial charge in [-0.25, -0.2) is 4.79 Å². The van der Waals surface area contributed by atoms with Gasteiger partial charge < -0.3 is 10.4 Å². The summed E-state index contributed by atoms with van der Waals surface area (Å²) in [7, 11) is 1.56. The van der Waals surface area contributed by atoms with Crippen LogP contribution in [-0.4, -0.2) is 32.6 Å². The van der Waals surface area contributed by atoms with Crippen molar-refractivity contribution in [1.82, 2.24) is 9.78 Å². The highest BCUT2D eigenvalue weighted by Crippen LogP contribution is 2.11. The molecule has 0 aliphatic heterocycles. The highest BCUT2D eigenvalue weighted by Gasteiger charge is 2.15. The fraction of sp³-hybridized carbons (Fsp3) is 0.286. The quantitative estimate of drug-likeness (QED) is 0.713. The van der Waals surface area contributed by atoms with Gasteiger partial charge in [-0.15, -0.1) is 11.6 Å². The summed E-state index contributed by atoms with van der Waals surface area (Å²) >= 11 is 5.25. The van der Waals surface area contributed by atoms with E-state index in [2.05, 4.69) is 10.4 Å². The molecular formula is C7H8ClN3O3. The van der Waals surface area contributed by atoms with E-state index in [4.69, 9.17) is 16.7 Å². The maximum atomic E-state index is 10.9. The summed E-state index contributed by atoms with van der Waals surface area (Å²) in [4.78, 5) is 21.5. The average molecular weight is 218 g/mol. The number of amides is 1. The molecule has 0 aliphatic carbocycles. The lowest BCUT2D eigenvalue weighted by Gasteiger charge is -1.98. The average Bonchev–Trinajstić information content (AvgIpc) is 2.46. The molecule has 0 aromatic carbocycles. The minimum absolute atomic E-state index is 0.00523. The topological polar surface area (TPSA) is 84.2 Å². The summed E-state index contributed by atoms with van der Waals surface area (Å²) in [5, 5.41) is 14.8. The Morgan fingerprint density at radius 3 is 2.86 bits per heavy atom. The number of rotatable bonds is 3. The van der Waals surface area contributed by atoms with Gasteiger partial charge in [0.15, 0.2) is 5.82 Å². The number of aryl methyl sites for hydroxylation is 1. The molecule has 0 radical (unpaired) electrons. The smallest absolute Gasteiger partial charge is 0.341 e. The molecule has 0 aliphatic rings. The summed E-state index contributed by atoms with van der Waals surface area (Å²) in [6, 6.07) is 0. The van der Waals surface area contributed by atoms with Crippen molar-refractivity contribution in [1.29, 1.82) is 0 Å². The largest absolute Gasteiger partial charge is 0.477 e. The van der Waals surface area contributed by atoms with E-state index in [1.54, 1.807) is 7.05 Å². The number of halogens is 1. The van der Waals surface area contributed by atoms with Crippen LogP contribution in [-0.2, 0) is 11.8 Å². The zero-order valence-electron chi connectivity index (χ0n) is 7.32. The Labute approximate surface area is 84.5 Å². The fourth-order valence-corrected chi connectivity index (χ4v) is 0.970. The zero-order chi connectivity index (χ0) is 10.7. The van der Waals surface area contributed by atoms with Gasteiger partial charge in [0.05, 0.1) is 0 Å². The maximum Gasteiger partial charge on any atom is 0.341 e. The van der Waals surface area contributed by atoms with Crippen LogP contribution in [0.4, 0.5) is 5.82 Å². The van der Waals surface area contributed by atoms with E-state index < -0.39 is 11.9 Å². The first-order valence-corrected chi connectivity index (χ1v) is 4.20. The van der Waals surface area contributed by atoms with Gasteiger partial charge in [0.2, 0.25) is 5.91 Å². The molecular weight excluding hydrogens is 210 g/mol. The Morgan fingerprint density at radius 2 is 2.36 bits per heavy atom. The molecule has 0 spiro atoms. The molecule has 14 heavy (non-hydrogen) atoms. The normalized spacial score (nSPS) is 9.86. The first-order chi connectivity index (χ1) is 6.54. The summed E-state index contributed by atoms with van der Waals surface area (Å²) in [6.45, 7) is 0. The Bertz CT molecular complexity index is 374. The van der Waals surface area contributed by atoms with Crippen LogP contribution in [0.2, 0.25) is 0 Å². The minimum atomic E-state index is -1.15. The van der Waals surface area contributed by atoms with Crippen molar-refractivity contribution >= 4 is 29.3 Å². The number of aromatic carboxylic acids is 1. The number of alkyl halides is 1. The van der Waals surface area contributed by atoms with Gasteiger partial charge in [-0.2, -0.15) is 5.10 Å². The van der Waals surface area contributed by atoms with Crippen LogP contribution < -0.4 is 5.32 Å². The molecule has 0 atom stereocenters. The molecule has 1 rings (SSSR count). The molecule has 0 unspecified atom stereocenters. The molecule has 76 valence electrons. The molecule has 0 saturated carbocycles. The predicted molar refractivity (Wildman–Crippen MR) is 49.5 cm³/mol. The number of carbonyl (C=O) groups is 2. The molecule has 7 heteroatoms. The lowest BCUT2D eigenvalue weighted by molar-refractivity contribution is -0.113. The summed E-state index contributed by atoms with van der Waals surface area (Å²) in [5.74, 6) is -1.88. The van der Waals surface area contributed by atoms with Gasteiger partial charge in [0, 0.05) is 13.2 Å². The van der Waals surface area contributed by atoms with Crippen molar-refractivity contribution in [2.75, 3.05) is 11.2 Å². The predicted octanol–water partition coefficient (Wildman–Crippen LogP) is 0.296. The van der Waals surface area contributed by atoms with Crippen molar-refractivity contribution in [3.05, 3.63) is 11.8 Å². The number of carboxylic acids is 1. The second-order valence-electron chi connectivity index (χ2n) is 2.55. The second kappa shape index (κ2) is 4.10. The number of carbonyl (C=O) groups excluding carboxylic acids is 1. The number of hydrogen-bond acceptors (Lipinski definition) is 3. The summed E-state index contributed by atoms with van der Waals surface area (Å²) < 4.78 is 1.30. The third kappa shape index (κ3) is 2.23. The highest BCUT2D eigenvalue weighted by atomic mass is 35.5. The van der Waals surface area contributed by atoms with Crippen molar-refractivity contribution in [3.8, 4) is 0 Å². The van der Waals surface area contributed by atoms with Crippen molar-refractivity contribution < 1.29 is 14.7 Å². The third-order valence-corrected chi connectivity index (χ3v) is 1.68. The third-order valence-electron chi connectivity index (χ3n) is 1.44. The van der Waals surface area contributed by atoms with Gasteiger partial charge >= 0.3 is 5.97 Å². The molecule has 1 aromatic rings. The zero-order valence-corrected chi connectivity index (χ0v) is 8.08. The number of aromatic nitrogens is 2. The van der Waals surface area contributed by atoms with Crippen LogP contribution in [0.1, 0.15) is 10.4 Å². The molecule has 1 aromatic heterocycles. The van der Waals surface area contributed by atoms with E-state index in [0.717, 1.165) is 0 Å². The molecule has 0 saturated heterocycles. The van der Waals surface area contributed by atoms with Crippen LogP contribution in [0.5, 0.6) is 0 Å². The van der Waals surface area contributed by atoms with Gasteiger partial charge in [-0.1, -0.05) is 0 Å². The number of nitrogens with one attached hydrogen (secondary N) is 1. The lowest BCUT2D eigenvalue weighted by Crippen LogP contribution is -2.15. The lowest BCUT2D eigenvalue weighted by atomic mass is 10.3. The summed E-state index contributed by atoms with van der Waals surface area (Å²) in [6.07, 6.45) is 1.30. The van der Waals surface area contributed by atoms with E-state index in [0.29, 0.717) is 0 Å². The highest BCUT2D eigenvalue weighted by molar-refractivity contribution is 6.29. The van der Waals surface area contributed by atoms with Crippen LogP contribution >= 0.6 is 11.6 Å². The molecule has 0 bridgehead atoms. The number of anilines is 1. The van der Waals surface area contributed by atoms with Crippen molar-refractivity contribution in [2.24, 2.45) is 7.05 Å². The first kappa shape index (κ1) is 10.5. The van der Waals surface area contributed by atoms with E-state index >= 15 is 0 Å². The van der Waals surface area contributed by atoms with E-state index in [1.807, 2.05) is 0 Å². The standard InChI is InChI=1S/C7H8ClN3O3/c1-11-3-4(7(13)14)6(10-11)9-5(12)2-8/h3H,2H2,1H3,(H,13,14)(H,9,10,12). The Kier molecular flexibility index (Phi) is 3.08. The Balaban J connectivity index is 2.95. The van der Waals surface area contributed by atoms with Crippen molar-refractivity contribution in [3.63, 3.8) is 0 Å². The van der Waals surface area contributed by atoms with Gasteiger partial charge in [0.1, 0.15) is 11.4 Å². The monoisotopic (exact) mass is 217 g/mol. The fourth-order valence-electron chi connectivity index (χ4n) is 0.903. The van der Waals surface area contributed by atoms with Crippen LogP contribution in [0.15, 0.2) is 6.20 Å². The second-order valence-corrected chi connectivity index (χ2v) is 2.82. The molecule has 2 N–H and O–H groups in total. The van der Waals surface area contributed by atoms with Crippen LogP contribution in [0, 0.1) is 0 Å². The molecule has 1 amide bonds. The van der Waals surface area contributed by atoms with Gasteiger partial charge in [-0.3, -0.25) is 9.48 Å². The number of hydrogen-bond donors (Lipinski definition) is 2. The van der Waals surface area contributed by atoms with Gasteiger partial charge in [-0.05, 0) is 0 Å². The minimum Gasteiger partial charge on any atom is -0.477 e. The van der Waals surface area contributed by atoms with E-state index in [1.165, 1.54) is 10.9 Å². The van der Waals surface area contributed by atoms with E-state index in [-0.39, 0.29) is 17.3 Å². The Morgan fingerprint density at radius 1 is 1.71 bits per heavy atom.